The van der Waals surface area contributed by atoms with E-state index in [1.807, 2.05) is 19.9 Å². The van der Waals surface area contributed by atoms with Crippen LogP contribution in [0.4, 0.5) is 0 Å². The van der Waals surface area contributed by atoms with Crippen molar-refractivity contribution in [1.29, 1.82) is 0 Å². The number of ketones is 1. The zero-order chi connectivity index (χ0) is 14.8. The first kappa shape index (κ1) is 14.5. The SMILES string of the molecule is CC[C@H](C)C(=O)C1(O)C=CC(c2cccc(O)c2)C=C1. The molecule has 0 aliphatic heterocycles. The fourth-order valence-electron chi connectivity index (χ4n) is 2.32. The highest BCUT2D eigenvalue weighted by molar-refractivity contribution is 5.93. The summed E-state index contributed by atoms with van der Waals surface area (Å²) >= 11 is 0. The second kappa shape index (κ2) is 5.63. The Bertz CT molecular complexity index is 543. The number of aliphatic hydroxyl groups is 1. The topological polar surface area (TPSA) is 57.5 Å². The summed E-state index contributed by atoms with van der Waals surface area (Å²) in [5, 5.41) is 19.9. The number of hydrogen-bond donors (Lipinski definition) is 2. The molecule has 3 nitrogen and oxygen atoms in total. The number of benzene rings is 1. The molecule has 0 heterocycles. The average Bonchev–Trinajstić information content (AvgIpc) is 2.46. The van der Waals surface area contributed by atoms with Crippen LogP contribution >= 0.6 is 0 Å². The van der Waals surface area contributed by atoms with Crippen LogP contribution in [-0.4, -0.2) is 21.6 Å². The molecule has 1 aliphatic rings. The highest BCUT2D eigenvalue weighted by Gasteiger charge is 2.34. The standard InChI is InChI=1S/C17H20O3/c1-3-12(2)16(19)17(20)9-7-13(8-10-17)14-5-4-6-15(18)11-14/h4-13,18,20H,3H2,1-2H3/t12-,13?,17?/m0/s1. The molecule has 1 atom stereocenters. The largest absolute Gasteiger partial charge is 0.508 e. The number of carbonyl (C=O) groups is 1. The summed E-state index contributed by atoms with van der Waals surface area (Å²) in [5.41, 5.74) is -0.571. The minimum Gasteiger partial charge on any atom is -0.508 e. The van der Waals surface area contributed by atoms with Crippen molar-refractivity contribution in [1.82, 2.24) is 0 Å². The van der Waals surface area contributed by atoms with Gasteiger partial charge in [-0.25, -0.2) is 0 Å². The van der Waals surface area contributed by atoms with E-state index < -0.39 is 5.60 Å². The molecule has 20 heavy (non-hydrogen) atoms. The molecule has 0 aromatic heterocycles. The van der Waals surface area contributed by atoms with Gasteiger partial charge in [-0.3, -0.25) is 4.79 Å². The minimum atomic E-state index is -1.50. The van der Waals surface area contributed by atoms with Gasteiger partial charge in [0.15, 0.2) is 11.4 Å². The fraction of sp³-hybridized carbons (Fsp3) is 0.353. The summed E-state index contributed by atoms with van der Waals surface area (Å²) in [6, 6.07) is 6.97. The van der Waals surface area contributed by atoms with Crippen LogP contribution in [0.25, 0.3) is 0 Å². The molecule has 2 N–H and O–H groups in total. The smallest absolute Gasteiger partial charge is 0.175 e. The first-order valence-corrected chi connectivity index (χ1v) is 6.90. The van der Waals surface area contributed by atoms with Crippen LogP contribution in [0.5, 0.6) is 5.75 Å². The maximum Gasteiger partial charge on any atom is 0.175 e. The number of Topliss-reactive ketones (excluding diaryl/α,β-unsaturated/α-hetero) is 1. The van der Waals surface area contributed by atoms with Crippen LogP contribution in [-0.2, 0) is 4.79 Å². The third kappa shape index (κ3) is 2.83. The van der Waals surface area contributed by atoms with Gasteiger partial charge in [-0.2, -0.15) is 0 Å². The van der Waals surface area contributed by atoms with E-state index >= 15 is 0 Å². The van der Waals surface area contributed by atoms with E-state index in [9.17, 15) is 15.0 Å². The molecule has 0 spiro atoms. The lowest BCUT2D eigenvalue weighted by Gasteiger charge is -2.26. The molecule has 2 rings (SSSR count). The van der Waals surface area contributed by atoms with Crippen LogP contribution < -0.4 is 0 Å². The summed E-state index contributed by atoms with van der Waals surface area (Å²) in [5.74, 6) is -0.179. The second-order valence-corrected chi connectivity index (χ2v) is 5.34. The highest BCUT2D eigenvalue weighted by Crippen LogP contribution is 2.30. The predicted molar refractivity (Wildman–Crippen MR) is 78.5 cm³/mol. The Kier molecular flexibility index (Phi) is 4.09. The molecule has 0 bridgehead atoms. The second-order valence-electron chi connectivity index (χ2n) is 5.34. The van der Waals surface area contributed by atoms with E-state index in [1.54, 1.807) is 42.5 Å². The number of phenolic OH excluding ortho intramolecular Hbond substituents is 1. The summed E-state index contributed by atoms with van der Waals surface area (Å²) in [6.07, 6.45) is 7.41. The number of phenols is 1. The maximum atomic E-state index is 12.2. The fourth-order valence-corrected chi connectivity index (χ4v) is 2.32. The van der Waals surface area contributed by atoms with E-state index in [2.05, 4.69) is 0 Å². The molecular formula is C17H20O3. The molecule has 1 aliphatic carbocycles. The van der Waals surface area contributed by atoms with Gasteiger partial charge in [0.2, 0.25) is 0 Å². The average molecular weight is 272 g/mol. The lowest BCUT2D eigenvalue weighted by Crippen LogP contribution is -2.39. The van der Waals surface area contributed by atoms with Gasteiger partial charge >= 0.3 is 0 Å². The molecular weight excluding hydrogens is 252 g/mol. The van der Waals surface area contributed by atoms with E-state index in [0.717, 1.165) is 5.56 Å². The van der Waals surface area contributed by atoms with Gasteiger partial charge in [0.1, 0.15) is 5.75 Å². The van der Waals surface area contributed by atoms with Crippen molar-refractivity contribution in [3.63, 3.8) is 0 Å². The molecule has 106 valence electrons. The van der Waals surface area contributed by atoms with Crippen LogP contribution in [0.15, 0.2) is 48.6 Å². The van der Waals surface area contributed by atoms with E-state index in [4.69, 9.17) is 0 Å². The Hall–Kier alpha value is -1.87. The normalized spacial score (nSPS) is 26.4. The van der Waals surface area contributed by atoms with Crippen LogP contribution in [0, 0.1) is 5.92 Å². The lowest BCUT2D eigenvalue weighted by atomic mass is 9.82. The number of aromatic hydroxyl groups is 1. The Morgan fingerprint density at radius 1 is 1.35 bits per heavy atom. The van der Waals surface area contributed by atoms with Gasteiger partial charge in [-0.05, 0) is 36.3 Å². The molecule has 0 unspecified atom stereocenters. The number of hydrogen-bond acceptors (Lipinski definition) is 3. The quantitative estimate of drug-likeness (QED) is 0.828. The van der Waals surface area contributed by atoms with Gasteiger partial charge in [-0.1, -0.05) is 38.1 Å². The summed E-state index contributed by atoms with van der Waals surface area (Å²) in [7, 11) is 0. The molecule has 0 saturated heterocycles. The number of rotatable bonds is 4. The van der Waals surface area contributed by atoms with Crippen molar-refractivity contribution in [3.05, 3.63) is 54.1 Å². The molecule has 0 fully saturated rings. The Labute approximate surface area is 119 Å². The summed E-state index contributed by atoms with van der Waals surface area (Å²) < 4.78 is 0. The number of allylic oxidation sites excluding steroid dienone is 2. The van der Waals surface area contributed by atoms with Crippen LogP contribution in [0.2, 0.25) is 0 Å². The Balaban J connectivity index is 2.19. The molecule has 1 aromatic rings. The highest BCUT2D eigenvalue weighted by atomic mass is 16.3. The van der Waals surface area contributed by atoms with Gasteiger partial charge in [0, 0.05) is 11.8 Å². The van der Waals surface area contributed by atoms with Gasteiger partial charge in [-0.15, -0.1) is 0 Å². The summed E-state index contributed by atoms with van der Waals surface area (Å²) in [6.45, 7) is 3.75. The van der Waals surface area contributed by atoms with Crippen LogP contribution in [0.1, 0.15) is 31.7 Å². The summed E-state index contributed by atoms with van der Waals surface area (Å²) in [4.78, 5) is 12.2. The van der Waals surface area contributed by atoms with Gasteiger partial charge in [0.05, 0.1) is 0 Å². The third-order valence-electron chi connectivity index (χ3n) is 3.83. The Morgan fingerprint density at radius 2 is 2.00 bits per heavy atom. The van der Waals surface area contributed by atoms with Crippen LogP contribution in [0.3, 0.4) is 0 Å². The van der Waals surface area contributed by atoms with Crippen molar-refractivity contribution in [3.8, 4) is 5.75 Å². The molecule has 1 aromatic carbocycles. The van der Waals surface area contributed by atoms with E-state index in [0.29, 0.717) is 6.42 Å². The van der Waals surface area contributed by atoms with Gasteiger partial charge < -0.3 is 10.2 Å². The van der Waals surface area contributed by atoms with E-state index in [1.165, 1.54) is 0 Å². The third-order valence-corrected chi connectivity index (χ3v) is 3.83. The van der Waals surface area contributed by atoms with Crippen molar-refractivity contribution in [2.24, 2.45) is 5.92 Å². The zero-order valence-corrected chi connectivity index (χ0v) is 11.8. The van der Waals surface area contributed by atoms with Crippen molar-refractivity contribution in [2.75, 3.05) is 0 Å². The van der Waals surface area contributed by atoms with E-state index in [-0.39, 0.29) is 23.4 Å². The van der Waals surface area contributed by atoms with Crippen molar-refractivity contribution in [2.45, 2.75) is 31.8 Å². The molecule has 0 amide bonds. The monoisotopic (exact) mass is 272 g/mol. The first-order valence-electron chi connectivity index (χ1n) is 6.90. The molecule has 3 heteroatoms. The lowest BCUT2D eigenvalue weighted by molar-refractivity contribution is -0.133. The van der Waals surface area contributed by atoms with Crippen molar-refractivity contribution < 1.29 is 15.0 Å². The van der Waals surface area contributed by atoms with Gasteiger partial charge in [0.25, 0.3) is 0 Å². The predicted octanol–water partition coefficient (Wildman–Crippen LogP) is 2.95. The van der Waals surface area contributed by atoms with Crippen molar-refractivity contribution >= 4 is 5.78 Å². The first-order chi connectivity index (χ1) is 9.46. The number of carbonyl (C=O) groups excluding carboxylic acids is 1. The molecule has 0 saturated carbocycles. The Morgan fingerprint density at radius 3 is 2.55 bits per heavy atom. The maximum absolute atomic E-state index is 12.2. The molecule has 0 radical (unpaired) electrons. The zero-order valence-electron chi connectivity index (χ0n) is 11.8. The minimum absolute atomic E-state index is 0.0351.